The van der Waals surface area contributed by atoms with E-state index in [1.165, 1.54) is 27.1 Å². The van der Waals surface area contributed by atoms with Crippen LogP contribution in [0.1, 0.15) is 0 Å². The lowest BCUT2D eigenvalue weighted by Gasteiger charge is -2.18. The molecule has 0 amide bonds. The van der Waals surface area contributed by atoms with Crippen LogP contribution in [0.2, 0.25) is 0 Å². The van der Waals surface area contributed by atoms with E-state index in [1.807, 2.05) is 48.9 Å². The van der Waals surface area contributed by atoms with Gasteiger partial charge in [0.05, 0.1) is 22.2 Å². The summed E-state index contributed by atoms with van der Waals surface area (Å²) in [5, 5.41) is 9.11. The number of nitrogens with zero attached hydrogens (tertiary/aromatic N) is 5. The highest BCUT2D eigenvalue weighted by Gasteiger charge is 2.20. The lowest BCUT2D eigenvalue weighted by molar-refractivity contribution is 1.06. The summed E-state index contributed by atoms with van der Waals surface area (Å²) in [7, 11) is 0. The van der Waals surface area contributed by atoms with Gasteiger partial charge in [-0.15, -0.1) is 0 Å². The maximum Gasteiger partial charge on any atom is 0.146 e. The molecule has 5 aromatic carbocycles. The third-order valence-corrected chi connectivity index (χ3v) is 9.31. The van der Waals surface area contributed by atoms with Gasteiger partial charge in [-0.3, -0.25) is 9.55 Å². The van der Waals surface area contributed by atoms with Crippen LogP contribution in [0.4, 0.5) is 0 Å². The van der Waals surface area contributed by atoms with Crippen LogP contribution in [0.5, 0.6) is 0 Å². The van der Waals surface area contributed by atoms with Crippen LogP contribution in [0, 0.1) is 0 Å². The Morgan fingerprint density at radius 2 is 1.06 bits per heavy atom. The maximum atomic E-state index is 5.30. The molecule has 0 saturated heterocycles. The van der Waals surface area contributed by atoms with Crippen LogP contribution in [-0.4, -0.2) is 24.5 Å². The van der Waals surface area contributed by atoms with Crippen molar-refractivity contribution >= 4 is 65.3 Å². The number of hydrogen-bond acceptors (Lipinski definition) is 4. The molecule has 0 aliphatic carbocycles. The molecule has 47 heavy (non-hydrogen) atoms. The van der Waals surface area contributed by atoms with Gasteiger partial charge in [0, 0.05) is 45.7 Å². The molecule has 5 heterocycles. The van der Waals surface area contributed by atoms with Gasteiger partial charge >= 0.3 is 0 Å². The lowest BCUT2D eigenvalue weighted by Crippen LogP contribution is -1.97. The van der Waals surface area contributed by atoms with E-state index in [4.69, 9.17) is 15.0 Å². The fourth-order valence-corrected chi connectivity index (χ4v) is 7.30. The third-order valence-electron chi connectivity index (χ3n) is 9.31. The first kappa shape index (κ1) is 25.8. The molecule has 0 fully saturated rings. The van der Waals surface area contributed by atoms with E-state index in [1.54, 1.807) is 0 Å². The molecule has 0 saturated carbocycles. The summed E-state index contributed by atoms with van der Waals surface area (Å²) in [5.74, 6) is 0.852. The molecule has 218 valence electrons. The summed E-state index contributed by atoms with van der Waals surface area (Å²) >= 11 is 0. The van der Waals surface area contributed by atoms with Crippen molar-refractivity contribution in [2.24, 2.45) is 0 Å². The van der Waals surface area contributed by atoms with E-state index in [0.717, 1.165) is 66.4 Å². The number of pyridine rings is 4. The van der Waals surface area contributed by atoms with E-state index >= 15 is 0 Å². The Balaban J connectivity index is 1.27. The van der Waals surface area contributed by atoms with E-state index in [0.29, 0.717) is 0 Å². The zero-order chi connectivity index (χ0) is 30.9. The molecule has 0 atom stereocenters. The summed E-state index contributed by atoms with van der Waals surface area (Å²) in [6.07, 6.45) is 5.52. The summed E-state index contributed by atoms with van der Waals surface area (Å²) in [6, 6.07) is 47.0. The summed E-state index contributed by atoms with van der Waals surface area (Å²) in [6.45, 7) is 0. The van der Waals surface area contributed by atoms with Crippen LogP contribution in [0.3, 0.4) is 0 Å². The van der Waals surface area contributed by atoms with Gasteiger partial charge in [-0.05, 0) is 81.2 Å². The standard InChI is InChI=1S/C42H25N5/c1-3-12-31-29(10-1)38(28-19-21-36-34(25-28)33-14-8-24-45-42(33)47(36)37-15-5-6-22-43-37)30-11-2-4-13-32(30)39(31)35-20-18-27-17-16-26-9-7-23-44-40(26)41(27)46-35/h1-25H. The second kappa shape index (κ2) is 10.0. The average Bonchev–Trinajstić information content (AvgIpc) is 3.47. The van der Waals surface area contributed by atoms with Crippen molar-refractivity contribution in [2.45, 2.75) is 0 Å². The molecule has 0 spiro atoms. The van der Waals surface area contributed by atoms with Gasteiger partial charge in [0.15, 0.2) is 0 Å². The van der Waals surface area contributed by atoms with Crippen LogP contribution >= 0.6 is 0 Å². The fraction of sp³-hybridized carbons (Fsp3) is 0. The molecule has 10 rings (SSSR count). The van der Waals surface area contributed by atoms with Crippen molar-refractivity contribution in [1.82, 2.24) is 24.5 Å². The van der Waals surface area contributed by atoms with E-state index in [-0.39, 0.29) is 0 Å². The van der Waals surface area contributed by atoms with Crippen LogP contribution in [0.15, 0.2) is 152 Å². The Bertz CT molecular complexity index is 2800. The number of fused-ring (bicyclic) bond motifs is 8. The average molecular weight is 600 g/mol. The molecule has 5 nitrogen and oxygen atoms in total. The van der Waals surface area contributed by atoms with Crippen LogP contribution < -0.4 is 0 Å². The quantitative estimate of drug-likeness (QED) is 0.150. The monoisotopic (exact) mass is 599 g/mol. The minimum absolute atomic E-state index is 0.852. The van der Waals surface area contributed by atoms with E-state index in [9.17, 15) is 0 Å². The highest BCUT2D eigenvalue weighted by molar-refractivity contribution is 6.22. The topological polar surface area (TPSA) is 56.5 Å². The van der Waals surface area contributed by atoms with Gasteiger partial charge < -0.3 is 0 Å². The molecule has 0 N–H and O–H groups in total. The first-order chi connectivity index (χ1) is 23.3. The number of hydrogen-bond donors (Lipinski definition) is 0. The van der Waals surface area contributed by atoms with Gasteiger partial charge in [-0.2, -0.15) is 0 Å². The van der Waals surface area contributed by atoms with Crippen molar-refractivity contribution < 1.29 is 0 Å². The normalized spacial score (nSPS) is 11.8. The van der Waals surface area contributed by atoms with Gasteiger partial charge in [0.1, 0.15) is 11.5 Å². The van der Waals surface area contributed by atoms with Crippen molar-refractivity contribution in [3.05, 3.63) is 152 Å². The number of aromatic nitrogens is 5. The summed E-state index contributed by atoms with van der Waals surface area (Å²) in [5.41, 5.74) is 8.24. The largest absolute Gasteiger partial charge is 0.278 e. The smallest absolute Gasteiger partial charge is 0.146 e. The molecular weight excluding hydrogens is 574 g/mol. The summed E-state index contributed by atoms with van der Waals surface area (Å²) < 4.78 is 2.15. The van der Waals surface area contributed by atoms with Gasteiger partial charge in [0.2, 0.25) is 0 Å². The summed E-state index contributed by atoms with van der Waals surface area (Å²) in [4.78, 5) is 19.5. The van der Waals surface area contributed by atoms with Crippen LogP contribution in [-0.2, 0) is 0 Å². The van der Waals surface area contributed by atoms with Crippen molar-refractivity contribution in [3.63, 3.8) is 0 Å². The highest BCUT2D eigenvalue weighted by Crippen LogP contribution is 2.44. The minimum atomic E-state index is 0.852. The fourth-order valence-electron chi connectivity index (χ4n) is 7.30. The minimum Gasteiger partial charge on any atom is -0.278 e. The predicted molar refractivity (Wildman–Crippen MR) is 193 cm³/mol. The zero-order valence-corrected chi connectivity index (χ0v) is 25.2. The zero-order valence-electron chi connectivity index (χ0n) is 25.2. The van der Waals surface area contributed by atoms with Gasteiger partial charge in [-0.25, -0.2) is 15.0 Å². The molecule has 5 aromatic heterocycles. The molecule has 0 aliphatic rings. The molecule has 0 bridgehead atoms. The van der Waals surface area contributed by atoms with E-state index in [2.05, 4.69) is 113 Å². The Kier molecular flexibility index (Phi) is 5.51. The number of benzene rings is 5. The Labute approximate surface area is 269 Å². The van der Waals surface area contributed by atoms with Crippen molar-refractivity contribution in [1.29, 1.82) is 0 Å². The molecule has 0 radical (unpaired) electrons. The van der Waals surface area contributed by atoms with Gasteiger partial charge in [-0.1, -0.05) is 84.9 Å². The molecule has 0 unspecified atom stereocenters. The van der Waals surface area contributed by atoms with Crippen molar-refractivity contribution in [2.75, 3.05) is 0 Å². The SMILES string of the molecule is c1ccc(-n2c3ccc(-c4c5ccccc5c(-c5ccc6ccc7cccnc7c6n5)c5ccccc45)cc3c3cccnc32)nc1. The lowest BCUT2D eigenvalue weighted by atomic mass is 9.87. The second-order valence-electron chi connectivity index (χ2n) is 11.9. The predicted octanol–water partition coefficient (Wildman–Crippen LogP) is 10.3. The number of rotatable bonds is 3. The molecule has 5 heteroatoms. The first-order valence-electron chi connectivity index (χ1n) is 15.7. The molecule has 10 aromatic rings. The molecular formula is C42H25N5. The highest BCUT2D eigenvalue weighted by atomic mass is 15.1. The Hall–Kier alpha value is -6.46. The van der Waals surface area contributed by atoms with Crippen molar-refractivity contribution in [3.8, 4) is 28.2 Å². The van der Waals surface area contributed by atoms with E-state index < -0.39 is 0 Å². The molecule has 0 aliphatic heterocycles. The Morgan fingerprint density at radius 3 is 1.83 bits per heavy atom. The first-order valence-corrected chi connectivity index (χ1v) is 15.7. The second-order valence-corrected chi connectivity index (χ2v) is 11.9. The van der Waals surface area contributed by atoms with Crippen LogP contribution in [0.25, 0.3) is 93.5 Å². The maximum absolute atomic E-state index is 5.30. The van der Waals surface area contributed by atoms with Gasteiger partial charge in [0.25, 0.3) is 0 Å². The Morgan fingerprint density at radius 1 is 0.426 bits per heavy atom. The third kappa shape index (κ3) is 3.83.